The van der Waals surface area contributed by atoms with Gasteiger partial charge >= 0.3 is 0 Å². The van der Waals surface area contributed by atoms with Crippen molar-refractivity contribution < 1.29 is 14.3 Å². The van der Waals surface area contributed by atoms with E-state index < -0.39 is 0 Å². The average Bonchev–Trinajstić information content (AvgIpc) is 3.11. The third-order valence-corrected chi connectivity index (χ3v) is 5.09. The second-order valence-corrected chi connectivity index (χ2v) is 6.84. The summed E-state index contributed by atoms with van der Waals surface area (Å²) in [4.78, 5) is 19.5. The standard InChI is InChI=1S/C22H28N2O3/c1-3-19-10-9-18(16-23-19)22(25)24-12-11-21(27-14-13-26-2)20(24)15-17-7-5-4-6-8-17/h4-10,16,20-21H,3,11-15H2,1-2H3/t20-,21+/m0/s1. The molecule has 0 N–H and O–H groups in total. The second kappa shape index (κ2) is 9.62. The first-order valence-electron chi connectivity index (χ1n) is 9.63. The van der Waals surface area contributed by atoms with E-state index in [-0.39, 0.29) is 18.1 Å². The number of nitrogens with zero attached hydrogens (tertiary/aromatic N) is 2. The maximum absolute atomic E-state index is 13.1. The molecule has 1 aromatic heterocycles. The summed E-state index contributed by atoms with van der Waals surface area (Å²) in [7, 11) is 1.67. The molecular formula is C22H28N2O3. The minimum absolute atomic E-state index is 0.0163. The molecule has 5 nitrogen and oxygen atoms in total. The number of ether oxygens (including phenoxy) is 2. The summed E-state index contributed by atoms with van der Waals surface area (Å²) in [5, 5.41) is 0. The van der Waals surface area contributed by atoms with E-state index in [0.717, 1.165) is 25.0 Å². The number of hydrogen-bond donors (Lipinski definition) is 0. The van der Waals surface area contributed by atoms with Crippen molar-refractivity contribution in [2.45, 2.75) is 38.3 Å². The minimum Gasteiger partial charge on any atom is -0.382 e. The minimum atomic E-state index is 0.0163. The normalized spacial score (nSPS) is 19.4. The predicted octanol–water partition coefficient (Wildman–Crippen LogP) is 3.13. The molecule has 1 saturated heterocycles. The molecule has 1 amide bonds. The van der Waals surface area contributed by atoms with Gasteiger partial charge < -0.3 is 14.4 Å². The van der Waals surface area contributed by atoms with Crippen LogP contribution in [-0.4, -0.2) is 54.8 Å². The van der Waals surface area contributed by atoms with Crippen molar-refractivity contribution in [2.75, 3.05) is 26.9 Å². The Morgan fingerprint density at radius 3 is 2.67 bits per heavy atom. The number of amides is 1. The summed E-state index contributed by atoms with van der Waals surface area (Å²) in [5.74, 6) is 0.0314. The van der Waals surface area contributed by atoms with Crippen molar-refractivity contribution >= 4 is 5.91 Å². The van der Waals surface area contributed by atoms with Gasteiger partial charge in [-0.2, -0.15) is 0 Å². The summed E-state index contributed by atoms with van der Waals surface area (Å²) in [6, 6.07) is 14.1. The quantitative estimate of drug-likeness (QED) is 0.672. The highest BCUT2D eigenvalue weighted by Gasteiger charge is 2.38. The fourth-order valence-corrected chi connectivity index (χ4v) is 3.58. The summed E-state index contributed by atoms with van der Waals surface area (Å²) in [6.45, 7) is 3.86. The lowest BCUT2D eigenvalue weighted by Gasteiger charge is -2.28. The van der Waals surface area contributed by atoms with Crippen molar-refractivity contribution in [1.82, 2.24) is 9.88 Å². The van der Waals surface area contributed by atoms with Gasteiger partial charge in [-0.15, -0.1) is 0 Å². The number of methoxy groups -OCH3 is 1. The zero-order valence-electron chi connectivity index (χ0n) is 16.1. The number of pyridine rings is 1. The summed E-state index contributed by atoms with van der Waals surface area (Å²) in [6.07, 6.45) is 4.20. The first-order valence-corrected chi connectivity index (χ1v) is 9.63. The largest absolute Gasteiger partial charge is 0.382 e. The number of benzene rings is 1. The van der Waals surface area contributed by atoms with E-state index in [1.54, 1.807) is 13.3 Å². The topological polar surface area (TPSA) is 51.7 Å². The molecule has 0 aliphatic carbocycles. The first-order chi connectivity index (χ1) is 13.2. The van der Waals surface area contributed by atoms with E-state index in [1.807, 2.05) is 35.2 Å². The van der Waals surface area contributed by atoms with Gasteiger partial charge in [0.1, 0.15) is 0 Å². The van der Waals surface area contributed by atoms with Gasteiger partial charge in [0.25, 0.3) is 5.91 Å². The van der Waals surface area contributed by atoms with E-state index in [1.165, 1.54) is 5.56 Å². The molecule has 0 saturated carbocycles. The van der Waals surface area contributed by atoms with Crippen molar-refractivity contribution in [3.05, 3.63) is 65.5 Å². The van der Waals surface area contributed by atoms with Crippen molar-refractivity contribution in [3.63, 3.8) is 0 Å². The van der Waals surface area contributed by atoms with Crippen LogP contribution in [0.15, 0.2) is 48.7 Å². The summed E-state index contributed by atoms with van der Waals surface area (Å²) < 4.78 is 11.2. The Kier molecular flexibility index (Phi) is 6.96. The highest BCUT2D eigenvalue weighted by molar-refractivity contribution is 5.94. The van der Waals surface area contributed by atoms with E-state index in [2.05, 4.69) is 24.0 Å². The average molecular weight is 368 g/mol. The molecule has 2 aromatic rings. The van der Waals surface area contributed by atoms with Crippen LogP contribution < -0.4 is 0 Å². The van der Waals surface area contributed by atoms with Crippen molar-refractivity contribution in [2.24, 2.45) is 0 Å². The molecule has 0 unspecified atom stereocenters. The molecule has 1 aromatic carbocycles. The Hall–Kier alpha value is -2.24. The Bertz CT molecular complexity index is 718. The van der Waals surface area contributed by atoms with Gasteiger partial charge in [-0.1, -0.05) is 37.3 Å². The van der Waals surface area contributed by atoms with Gasteiger partial charge in [0.15, 0.2) is 0 Å². The molecule has 144 valence electrons. The van der Waals surface area contributed by atoms with Crippen LogP contribution in [0.4, 0.5) is 0 Å². The zero-order chi connectivity index (χ0) is 19.1. The van der Waals surface area contributed by atoms with Crippen LogP contribution in [0.2, 0.25) is 0 Å². The van der Waals surface area contributed by atoms with Gasteiger partial charge in [0.2, 0.25) is 0 Å². The highest BCUT2D eigenvalue weighted by atomic mass is 16.5. The van der Waals surface area contributed by atoms with Crippen LogP contribution in [0.3, 0.4) is 0 Å². The predicted molar refractivity (Wildman–Crippen MR) is 105 cm³/mol. The van der Waals surface area contributed by atoms with Gasteiger partial charge in [-0.3, -0.25) is 9.78 Å². The van der Waals surface area contributed by atoms with Gasteiger partial charge in [0, 0.05) is 25.5 Å². The third-order valence-electron chi connectivity index (χ3n) is 5.09. The summed E-state index contributed by atoms with van der Waals surface area (Å²) in [5.41, 5.74) is 2.85. The lowest BCUT2D eigenvalue weighted by molar-refractivity contribution is 0.000490. The number of hydrogen-bond acceptors (Lipinski definition) is 4. The Morgan fingerprint density at radius 1 is 1.19 bits per heavy atom. The van der Waals surface area contributed by atoms with E-state index in [4.69, 9.17) is 9.47 Å². The van der Waals surface area contributed by atoms with Crippen molar-refractivity contribution in [1.29, 1.82) is 0 Å². The number of carbonyl (C=O) groups excluding carboxylic acids is 1. The van der Waals surface area contributed by atoms with Gasteiger partial charge in [0.05, 0.1) is 30.9 Å². The smallest absolute Gasteiger partial charge is 0.255 e. The van der Waals surface area contributed by atoms with Crippen LogP contribution in [0.5, 0.6) is 0 Å². The number of likely N-dealkylation sites (tertiary alicyclic amines) is 1. The Labute approximate surface area is 161 Å². The fraction of sp³-hybridized carbons (Fsp3) is 0.455. The molecular weight excluding hydrogens is 340 g/mol. The van der Waals surface area contributed by atoms with Crippen LogP contribution in [0.25, 0.3) is 0 Å². The van der Waals surface area contributed by atoms with Crippen LogP contribution in [-0.2, 0) is 22.3 Å². The molecule has 2 heterocycles. The molecule has 1 fully saturated rings. The fourth-order valence-electron chi connectivity index (χ4n) is 3.58. The Morgan fingerprint density at radius 2 is 2.00 bits per heavy atom. The van der Waals surface area contributed by atoms with Gasteiger partial charge in [-0.25, -0.2) is 0 Å². The van der Waals surface area contributed by atoms with Crippen LogP contribution >= 0.6 is 0 Å². The first kappa shape index (κ1) is 19.5. The molecule has 5 heteroatoms. The lowest BCUT2D eigenvalue weighted by atomic mass is 10.0. The van der Waals surface area contributed by atoms with E-state index >= 15 is 0 Å². The molecule has 3 rings (SSSR count). The van der Waals surface area contributed by atoms with Crippen molar-refractivity contribution in [3.8, 4) is 0 Å². The molecule has 2 atom stereocenters. The van der Waals surface area contributed by atoms with E-state index in [9.17, 15) is 4.79 Å². The van der Waals surface area contributed by atoms with E-state index in [0.29, 0.717) is 25.3 Å². The van der Waals surface area contributed by atoms with Crippen LogP contribution in [0, 0.1) is 0 Å². The zero-order valence-corrected chi connectivity index (χ0v) is 16.1. The molecule has 0 radical (unpaired) electrons. The number of aryl methyl sites for hydroxylation is 1. The molecule has 1 aliphatic heterocycles. The lowest BCUT2D eigenvalue weighted by Crippen LogP contribution is -2.42. The Balaban J connectivity index is 1.77. The maximum Gasteiger partial charge on any atom is 0.255 e. The molecule has 27 heavy (non-hydrogen) atoms. The number of aromatic nitrogens is 1. The van der Waals surface area contributed by atoms with Gasteiger partial charge in [-0.05, 0) is 37.0 Å². The summed E-state index contributed by atoms with van der Waals surface area (Å²) >= 11 is 0. The number of carbonyl (C=O) groups is 1. The monoisotopic (exact) mass is 368 g/mol. The molecule has 0 bridgehead atoms. The SMILES string of the molecule is CCc1ccc(C(=O)N2CC[C@@H](OCCOC)[C@@H]2Cc2ccccc2)cn1. The third kappa shape index (κ3) is 4.93. The highest BCUT2D eigenvalue weighted by Crippen LogP contribution is 2.26. The van der Waals surface area contributed by atoms with Crippen LogP contribution in [0.1, 0.15) is 35.0 Å². The second-order valence-electron chi connectivity index (χ2n) is 6.84. The molecule has 1 aliphatic rings. The molecule has 0 spiro atoms. The maximum atomic E-state index is 13.1. The number of rotatable bonds is 8.